The van der Waals surface area contributed by atoms with Crippen LogP contribution in [0, 0.1) is 10.1 Å². The number of amides is 1. The van der Waals surface area contributed by atoms with E-state index in [9.17, 15) is 19.7 Å². The van der Waals surface area contributed by atoms with Gasteiger partial charge in [-0.25, -0.2) is 4.79 Å². The van der Waals surface area contributed by atoms with Crippen LogP contribution < -0.4 is 5.32 Å². The number of rotatable bonds is 7. The maximum atomic E-state index is 12.2. The zero-order chi connectivity index (χ0) is 20.8. The first-order chi connectivity index (χ1) is 14.0. The van der Waals surface area contributed by atoms with Crippen molar-refractivity contribution in [3.8, 4) is 11.5 Å². The average Bonchev–Trinajstić information content (AvgIpc) is 3.21. The standard InChI is InChI=1S/C18H14N4O6S/c1-27-17(24)11-6-2-4-8-13(11)19-15(23)10-29-18-21-20-16(28-18)12-7-3-5-9-14(12)22(25)26/h2-9H,10H2,1H3,(H,19,23). The molecule has 3 aromatic rings. The molecule has 0 bridgehead atoms. The van der Waals surface area contributed by atoms with Gasteiger partial charge < -0.3 is 14.5 Å². The number of para-hydroxylation sites is 2. The average molecular weight is 414 g/mol. The van der Waals surface area contributed by atoms with Crippen LogP contribution in [0.25, 0.3) is 11.5 Å². The molecule has 148 valence electrons. The van der Waals surface area contributed by atoms with Crippen LogP contribution >= 0.6 is 11.8 Å². The van der Waals surface area contributed by atoms with E-state index in [-0.39, 0.29) is 33.7 Å². The van der Waals surface area contributed by atoms with Crippen LogP contribution in [0.15, 0.2) is 58.2 Å². The molecule has 0 aliphatic rings. The molecule has 0 saturated carbocycles. The molecule has 29 heavy (non-hydrogen) atoms. The number of nitrogens with zero attached hydrogens (tertiary/aromatic N) is 3. The second kappa shape index (κ2) is 8.97. The number of carbonyl (C=O) groups is 2. The van der Waals surface area contributed by atoms with E-state index in [1.807, 2.05) is 0 Å². The molecule has 0 saturated heterocycles. The number of ether oxygens (including phenoxy) is 1. The van der Waals surface area contributed by atoms with Gasteiger partial charge in [0.25, 0.3) is 16.8 Å². The second-order valence-electron chi connectivity index (χ2n) is 5.52. The lowest BCUT2D eigenvalue weighted by Crippen LogP contribution is -2.17. The molecule has 0 aliphatic carbocycles. The number of anilines is 1. The number of hydrogen-bond donors (Lipinski definition) is 1. The molecule has 2 aromatic carbocycles. The summed E-state index contributed by atoms with van der Waals surface area (Å²) in [5, 5.41) is 21.4. The normalized spacial score (nSPS) is 10.4. The van der Waals surface area contributed by atoms with Crippen molar-refractivity contribution in [2.24, 2.45) is 0 Å². The SMILES string of the molecule is COC(=O)c1ccccc1NC(=O)CSc1nnc(-c2ccccc2[N+](=O)[O-])o1. The number of aromatic nitrogens is 2. The first kappa shape index (κ1) is 20.0. The van der Waals surface area contributed by atoms with Crippen molar-refractivity contribution in [1.82, 2.24) is 10.2 Å². The summed E-state index contributed by atoms with van der Waals surface area (Å²) in [6, 6.07) is 12.4. The first-order valence-corrected chi connectivity index (χ1v) is 9.15. The molecule has 0 aliphatic heterocycles. The third kappa shape index (κ3) is 4.76. The molecule has 10 nitrogen and oxygen atoms in total. The highest BCUT2D eigenvalue weighted by Gasteiger charge is 2.20. The zero-order valence-corrected chi connectivity index (χ0v) is 15.8. The fraction of sp³-hybridized carbons (Fsp3) is 0.111. The fourth-order valence-corrected chi connectivity index (χ4v) is 2.95. The molecule has 1 aromatic heterocycles. The van der Waals surface area contributed by atoms with Crippen LogP contribution in [-0.4, -0.2) is 39.9 Å². The van der Waals surface area contributed by atoms with Gasteiger partial charge in [0.1, 0.15) is 5.56 Å². The molecular weight excluding hydrogens is 400 g/mol. The largest absolute Gasteiger partial charge is 0.465 e. The van der Waals surface area contributed by atoms with Crippen LogP contribution in [-0.2, 0) is 9.53 Å². The molecule has 3 rings (SSSR count). The molecule has 0 unspecified atom stereocenters. The smallest absolute Gasteiger partial charge is 0.339 e. The molecular formula is C18H14N4O6S. The molecule has 0 spiro atoms. The Hall–Kier alpha value is -3.73. The summed E-state index contributed by atoms with van der Waals surface area (Å²) in [4.78, 5) is 34.5. The second-order valence-corrected chi connectivity index (χ2v) is 6.45. The molecule has 1 amide bonds. The number of methoxy groups -OCH3 is 1. The van der Waals surface area contributed by atoms with Gasteiger partial charge in [0, 0.05) is 6.07 Å². The third-order valence-corrected chi connectivity index (χ3v) is 4.49. The Morgan fingerprint density at radius 2 is 1.90 bits per heavy atom. The fourth-order valence-electron chi connectivity index (χ4n) is 2.38. The Balaban J connectivity index is 1.66. The highest BCUT2D eigenvalue weighted by molar-refractivity contribution is 7.99. The van der Waals surface area contributed by atoms with Gasteiger partial charge in [-0.2, -0.15) is 0 Å². The van der Waals surface area contributed by atoms with Gasteiger partial charge in [-0.1, -0.05) is 36.0 Å². The highest BCUT2D eigenvalue weighted by atomic mass is 32.2. The summed E-state index contributed by atoms with van der Waals surface area (Å²) in [5.41, 5.74) is 0.569. The van der Waals surface area contributed by atoms with Crippen molar-refractivity contribution in [2.45, 2.75) is 5.22 Å². The minimum absolute atomic E-state index is 0.0174. The third-order valence-electron chi connectivity index (χ3n) is 3.67. The molecule has 1 N–H and O–H groups in total. The maximum absolute atomic E-state index is 12.2. The lowest BCUT2D eigenvalue weighted by Gasteiger charge is -2.08. The van der Waals surface area contributed by atoms with Gasteiger partial charge in [0.15, 0.2) is 0 Å². The van der Waals surface area contributed by atoms with Gasteiger partial charge in [0.05, 0.1) is 29.0 Å². The quantitative estimate of drug-likeness (QED) is 0.267. The predicted octanol–water partition coefficient (Wildman–Crippen LogP) is 3.16. The summed E-state index contributed by atoms with van der Waals surface area (Å²) in [6.07, 6.45) is 0. The minimum Gasteiger partial charge on any atom is -0.465 e. The molecule has 0 fully saturated rings. The number of nitrogens with one attached hydrogen (secondary N) is 1. The Morgan fingerprint density at radius 1 is 1.17 bits per heavy atom. The van der Waals surface area contributed by atoms with Crippen molar-refractivity contribution in [3.63, 3.8) is 0 Å². The van der Waals surface area contributed by atoms with E-state index in [1.165, 1.54) is 31.4 Å². The van der Waals surface area contributed by atoms with E-state index in [4.69, 9.17) is 4.42 Å². The van der Waals surface area contributed by atoms with Gasteiger partial charge >= 0.3 is 5.97 Å². The number of hydrogen-bond acceptors (Lipinski definition) is 9. The minimum atomic E-state index is -0.570. The topological polar surface area (TPSA) is 137 Å². The van der Waals surface area contributed by atoms with Gasteiger partial charge in [-0.15, -0.1) is 10.2 Å². The van der Waals surface area contributed by atoms with Crippen molar-refractivity contribution in [3.05, 3.63) is 64.2 Å². The van der Waals surface area contributed by atoms with E-state index in [0.29, 0.717) is 5.69 Å². The van der Waals surface area contributed by atoms with Crippen LogP contribution in [0.3, 0.4) is 0 Å². The lowest BCUT2D eigenvalue weighted by molar-refractivity contribution is -0.384. The van der Waals surface area contributed by atoms with Crippen molar-refractivity contribution in [2.75, 3.05) is 18.2 Å². The Bertz CT molecular complexity index is 1070. The van der Waals surface area contributed by atoms with Crippen molar-refractivity contribution < 1.29 is 23.7 Å². The number of carbonyl (C=O) groups excluding carboxylic acids is 2. The van der Waals surface area contributed by atoms with Crippen LogP contribution in [0.2, 0.25) is 0 Å². The Labute approximate surface area is 168 Å². The Morgan fingerprint density at radius 3 is 2.66 bits per heavy atom. The van der Waals surface area contributed by atoms with E-state index in [2.05, 4.69) is 20.3 Å². The van der Waals surface area contributed by atoms with Gasteiger partial charge in [0.2, 0.25) is 5.91 Å². The summed E-state index contributed by atoms with van der Waals surface area (Å²) < 4.78 is 10.1. The highest BCUT2D eigenvalue weighted by Crippen LogP contribution is 2.30. The first-order valence-electron chi connectivity index (χ1n) is 8.17. The van der Waals surface area contributed by atoms with Crippen LogP contribution in [0.4, 0.5) is 11.4 Å². The summed E-state index contributed by atoms with van der Waals surface area (Å²) >= 11 is 0.959. The predicted molar refractivity (Wildman–Crippen MR) is 104 cm³/mol. The number of thioether (sulfide) groups is 1. The van der Waals surface area contributed by atoms with Crippen molar-refractivity contribution >= 4 is 35.0 Å². The molecule has 0 atom stereocenters. The summed E-state index contributed by atoms with van der Waals surface area (Å²) in [5.74, 6) is -1.07. The Kier molecular flexibility index (Phi) is 6.19. The van der Waals surface area contributed by atoms with Crippen LogP contribution in [0.1, 0.15) is 10.4 Å². The molecule has 0 radical (unpaired) electrons. The van der Waals surface area contributed by atoms with Gasteiger partial charge in [-0.3, -0.25) is 14.9 Å². The van der Waals surface area contributed by atoms with Gasteiger partial charge in [-0.05, 0) is 18.2 Å². The molecule has 11 heteroatoms. The maximum Gasteiger partial charge on any atom is 0.339 e. The lowest BCUT2D eigenvalue weighted by atomic mass is 10.2. The number of nitro benzene ring substituents is 1. The number of nitro groups is 1. The summed E-state index contributed by atoms with van der Waals surface area (Å²) in [7, 11) is 1.25. The van der Waals surface area contributed by atoms with E-state index < -0.39 is 16.8 Å². The van der Waals surface area contributed by atoms with Crippen molar-refractivity contribution in [1.29, 1.82) is 0 Å². The summed E-state index contributed by atoms with van der Waals surface area (Å²) in [6.45, 7) is 0. The van der Waals surface area contributed by atoms with Crippen LogP contribution in [0.5, 0.6) is 0 Å². The van der Waals surface area contributed by atoms with E-state index in [1.54, 1.807) is 24.3 Å². The number of benzene rings is 2. The van der Waals surface area contributed by atoms with E-state index in [0.717, 1.165) is 11.8 Å². The zero-order valence-electron chi connectivity index (χ0n) is 15.0. The van der Waals surface area contributed by atoms with E-state index >= 15 is 0 Å². The molecule has 1 heterocycles. The number of esters is 1. The monoisotopic (exact) mass is 414 g/mol.